The number of carbonyl (C=O) groups excluding carboxylic acids is 1. The van der Waals surface area contributed by atoms with Gasteiger partial charge in [-0.1, -0.05) is 38.0 Å². The van der Waals surface area contributed by atoms with Crippen LogP contribution in [-0.2, 0) is 11.3 Å². The van der Waals surface area contributed by atoms with Crippen LogP contribution in [-0.4, -0.2) is 44.8 Å². The molecule has 1 atom stereocenters. The second-order valence-electron chi connectivity index (χ2n) is 7.82. The van der Waals surface area contributed by atoms with Crippen molar-refractivity contribution in [2.75, 3.05) is 13.1 Å². The van der Waals surface area contributed by atoms with Gasteiger partial charge >= 0.3 is 5.97 Å². The third kappa shape index (κ3) is 5.02. The lowest BCUT2D eigenvalue weighted by Gasteiger charge is -2.32. The second kappa shape index (κ2) is 9.67. The zero-order chi connectivity index (χ0) is 20.8. The first-order chi connectivity index (χ1) is 14.0. The Kier molecular flexibility index (Phi) is 7.01. The molecule has 1 aromatic heterocycles. The summed E-state index contributed by atoms with van der Waals surface area (Å²) in [6, 6.07) is 7.14. The minimum Gasteiger partial charge on any atom is -0.481 e. The predicted molar refractivity (Wildman–Crippen MR) is 111 cm³/mol. The third-order valence-corrected chi connectivity index (χ3v) is 5.62. The zero-order valence-corrected chi connectivity index (χ0v) is 17.0. The van der Waals surface area contributed by atoms with Gasteiger partial charge in [-0.3, -0.25) is 14.4 Å². The van der Waals surface area contributed by atoms with Gasteiger partial charge in [0.1, 0.15) is 0 Å². The number of piperidine rings is 1. The van der Waals surface area contributed by atoms with Gasteiger partial charge in [-0.2, -0.15) is 5.10 Å². The highest BCUT2D eigenvalue weighted by molar-refractivity contribution is 6.04. The topological polar surface area (TPSA) is 92.5 Å². The fourth-order valence-electron chi connectivity index (χ4n) is 4.02. The Bertz CT molecular complexity index is 937. The molecular formula is C22H29N3O4. The molecule has 1 unspecified atom stereocenters. The van der Waals surface area contributed by atoms with Crippen molar-refractivity contribution in [1.82, 2.24) is 14.7 Å². The van der Waals surface area contributed by atoms with Crippen LogP contribution >= 0.6 is 0 Å². The van der Waals surface area contributed by atoms with Gasteiger partial charge in [0.15, 0.2) is 5.69 Å². The van der Waals surface area contributed by atoms with Crippen LogP contribution in [0.15, 0.2) is 29.1 Å². The number of aromatic nitrogens is 2. The first-order valence-electron chi connectivity index (χ1n) is 10.5. The molecule has 29 heavy (non-hydrogen) atoms. The summed E-state index contributed by atoms with van der Waals surface area (Å²) >= 11 is 0. The van der Waals surface area contributed by atoms with Crippen molar-refractivity contribution < 1.29 is 14.7 Å². The molecule has 1 fully saturated rings. The van der Waals surface area contributed by atoms with E-state index in [0.29, 0.717) is 42.5 Å². The Morgan fingerprint density at radius 3 is 2.69 bits per heavy atom. The summed E-state index contributed by atoms with van der Waals surface area (Å²) in [5.41, 5.74) is 0.154. The third-order valence-electron chi connectivity index (χ3n) is 5.62. The number of likely N-dealkylation sites (tertiary alicyclic amines) is 1. The van der Waals surface area contributed by atoms with Crippen LogP contribution in [0.4, 0.5) is 0 Å². The van der Waals surface area contributed by atoms with E-state index in [0.717, 1.165) is 32.1 Å². The number of nitrogens with zero attached hydrogens (tertiary/aromatic N) is 3. The van der Waals surface area contributed by atoms with Crippen molar-refractivity contribution in [3.05, 3.63) is 40.3 Å². The molecule has 1 amide bonds. The Balaban J connectivity index is 1.89. The van der Waals surface area contributed by atoms with Crippen molar-refractivity contribution in [2.45, 2.75) is 58.4 Å². The Hall–Kier alpha value is -2.70. The average molecular weight is 399 g/mol. The van der Waals surface area contributed by atoms with Crippen molar-refractivity contribution in [3.63, 3.8) is 0 Å². The predicted octanol–water partition coefficient (Wildman–Crippen LogP) is 3.30. The number of benzene rings is 1. The minimum atomic E-state index is -0.805. The van der Waals surface area contributed by atoms with Gasteiger partial charge in [-0.15, -0.1) is 0 Å². The molecule has 156 valence electrons. The number of unbranched alkanes of at least 4 members (excludes halogenated alkanes) is 2. The molecule has 1 aliphatic heterocycles. The van der Waals surface area contributed by atoms with Gasteiger partial charge in [-0.05, 0) is 37.7 Å². The molecule has 0 spiro atoms. The largest absolute Gasteiger partial charge is 0.481 e. The number of hydrogen-bond acceptors (Lipinski definition) is 4. The molecule has 0 aliphatic carbocycles. The molecule has 1 N–H and O–H groups in total. The summed E-state index contributed by atoms with van der Waals surface area (Å²) < 4.78 is 1.43. The molecular weight excluding hydrogens is 370 g/mol. The molecule has 1 saturated heterocycles. The summed E-state index contributed by atoms with van der Waals surface area (Å²) in [6.07, 6.45) is 5.36. The van der Waals surface area contributed by atoms with Gasteiger partial charge in [0.2, 0.25) is 0 Å². The number of rotatable bonds is 8. The van der Waals surface area contributed by atoms with E-state index in [-0.39, 0.29) is 23.8 Å². The molecule has 0 radical (unpaired) electrons. The summed E-state index contributed by atoms with van der Waals surface area (Å²) in [5.74, 6) is -0.795. The van der Waals surface area contributed by atoms with E-state index < -0.39 is 5.97 Å². The summed E-state index contributed by atoms with van der Waals surface area (Å²) in [5, 5.41) is 14.5. The number of aliphatic carboxylic acids is 1. The van der Waals surface area contributed by atoms with Gasteiger partial charge in [0.05, 0.1) is 5.39 Å². The first-order valence-corrected chi connectivity index (χ1v) is 10.5. The summed E-state index contributed by atoms with van der Waals surface area (Å²) in [6.45, 7) is 3.77. The smallest absolute Gasteiger partial charge is 0.303 e. The maximum atomic E-state index is 13.3. The number of carboxylic acid groups (broad SMARTS) is 1. The van der Waals surface area contributed by atoms with Crippen molar-refractivity contribution in [3.8, 4) is 0 Å². The van der Waals surface area contributed by atoms with Crippen molar-refractivity contribution >= 4 is 22.6 Å². The Morgan fingerprint density at radius 1 is 1.21 bits per heavy atom. The molecule has 2 aromatic rings. The fourth-order valence-corrected chi connectivity index (χ4v) is 4.02. The van der Waals surface area contributed by atoms with E-state index in [4.69, 9.17) is 5.11 Å². The van der Waals surface area contributed by atoms with E-state index in [2.05, 4.69) is 12.0 Å². The minimum absolute atomic E-state index is 0.121. The summed E-state index contributed by atoms with van der Waals surface area (Å²) in [7, 11) is 0. The normalized spacial score (nSPS) is 16.9. The van der Waals surface area contributed by atoms with Crippen LogP contribution in [0.25, 0.3) is 10.8 Å². The van der Waals surface area contributed by atoms with E-state index in [9.17, 15) is 14.4 Å². The lowest BCUT2D eigenvalue weighted by molar-refractivity contribution is -0.137. The standard InChI is InChI=1S/C22H29N3O4/c1-2-3-6-14-25-21(28)18-10-5-4-9-17(18)20(23-25)22(29)24-13-7-8-16(15-24)11-12-19(26)27/h4-5,9-10,16H,2-3,6-8,11-15H2,1H3,(H,26,27). The van der Waals surface area contributed by atoms with E-state index in [1.807, 2.05) is 6.07 Å². The van der Waals surface area contributed by atoms with Crippen LogP contribution in [0.2, 0.25) is 0 Å². The molecule has 3 rings (SSSR count). The van der Waals surface area contributed by atoms with Gasteiger partial charge in [0.25, 0.3) is 11.5 Å². The Morgan fingerprint density at radius 2 is 1.97 bits per heavy atom. The Labute approximate surface area is 170 Å². The summed E-state index contributed by atoms with van der Waals surface area (Å²) in [4.78, 5) is 38.8. The fraction of sp³-hybridized carbons (Fsp3) is 0.545. The van der Waals surface area contributed by atoms with E-state index in [1.54, 1.807) is 23.1 Å². The maximum absolute atomic E-state index is 13.3. The molecule has 2 heterocycles. The zero-order valence-electron chi connectivity index (χ0n) is 17.0. The number of carboxylic acids is 1. The number of hydrogen-bond donors (Lipinski definition) is 1. The van der Waals surface area contributed by atoms with Crippen LogP contribution in [0.3, 0.4) is 0 Å². The van der Waals surface area contributed by atoms with Crippen molar-refractivity contribution in [2.24, 2.45) is 5.92 Å². The van der Waals surface area contributed by atoms with Crippen molar-refractivity contribution in [1.29, 1.82) is 0 Å². The highest BCUT2D eigenvalue weighted by Crippen LogP contribution is 2.24. The van der Waals surface area contributed by atoms with Gasteiger partial charge in [-0.25, -0.2) is 4.68 Å². The molecule has 0 bridgehead atoms. The SMILES string of the molecule is CCCCCn1nc(C(=O)N2CCCC(CCC(=O)O)C2)c2ccccc2c1=O. The monoisotopic (exact) mass is 399 g/mol. The number of amides is 1. The van der Waals surface area contributed by atoms with E-state index in [1.165, 1.54) is 4.68 Å². The van der Waals surface area contributed by atoms with E-state index >= 15 is 0 Å². The molecule has 7 nitrogen and oxygen atoms in total. The second-order valence-corrected chi connectivity index (χ2v) is 7.82. The molecule has 0 saturated carbocycles. The molecule has 7 heteroatoms. The first kappa shape index (κ1) is 21.0. The van der Waals surface area contributed by atoms with Gasteiger partial charge < -0.3 is 10.0 Å². The molecule has 1 aliphatic rings. The van der Waals surface area contributed by atoms with Gasteiger partial charge in [0, 0.05) is 31.4 Å². The maximum Gasteiger partial charge on any atom is 0.303 e. The van der Waals surface area contributed by atoms with Crippen LogP contribution in [0, 0.1) is 5.92 Å². The highest BCUT2D eigenvalue weighted by Gasteiger charge is 2.27. The van der Waals surface area contributed by atoms with Crippen LogP contribution in [0.1, 0.15) is 62.4 Å². The highest BCUT2D eigenvalue weighted by atomic mass is 16.4. The van der Waals surface area contributed by atoms with Crippen LogP contribution < -0.4 is 5.56 Å². The lowest BCUT2D eigenvalue weighted by Crippen LogP contribution is -2.41. The quantitative estimate of drug-likeness (QED) is 0.688. The average Bonchev–Trinajstić information content (AvgIpc) is 2.74. The number of carbonyl (C=O) groups is 2. The molecule has 1 aromatic carbocycles. The van der Waals surface area contributed by atoms with Crippen LogP contribution in [0.5, 0.6) is 0 Å². The lowest BCUT2D eigenvalue weighted by atomic mass is 9.93. The number of aryl methyl sites for hydroxylation is 1. The number of fused-ring (bicyclic) bond motifs is 1.